The van der Waals surface area contributed by atoms with E-state index in [1.165, 1.54) is 0 Å². The van der Waals surface area contributed by atoms with Gasteiger partial charge in [-0.1, -0.05) is 17.7 Å². The molecule has 0 saturated carbocycles. The van der Waals surface area contributed by atoms with Crippen molar-refractivity contribution in [2.24, 2.45) is 0 Å². The van der Waals surface area contributed by atoms with Gasteiger partial charge in [-0.3, -0.25) is 4.79 Å². The number of benzene rings is 1. The second-order valence-electron chi connectivity index (χ2n) is 3.81. The number of amides is 1. The summed E-state index contributed by atoms with van der Waals surface area (Å²) >= 11 is 5.89. The number of carbonyl (C=O) groups excluding carboxylic acids is 1. The van der Waals surface area contributed by atoms with Gasteiger partial charge in [0.15, 0.2) is 6.10 Å². The zero-order valence-corrected chi connectivity index (χ0v) is 10.6. The van der Waals surface area contributed by atoms with Crippen molar-refractivity contribution in [3.63, 3.8) is 0 Å². The maximum Gasteiger partial charge on any atom is 0.332 e. The first-order chi connectivity index (χ1) is 8.43. The Bertz CT molecular complexity index is 461. The average molecular weight is 272 g/mol. The summed E-state index contributed by atoms with van der Waals surface area (Å²) in [6.07, 6.45) is -1.51. The molecule has 0 aromatic heterocycles. The van der Waals surface area contributed by atoms with Gasteiger partial charge >= 0.3 is 5.97 Å². The van der Waals surface area contributed by atoms with Gasteiger partial charge < -0.3 is 15.5 Å². The summed E-state index contributed by atoms with van der Waals surface area (Å²) in [5.41, 5.74) is 1.10. The molecule has 5 nitrogen and oxygen atoms in total. The van der Waals surface area contributed by atoms with E-state index in [2.05, 4.69) is 5.32 Å². The zero-order chi connectivity index (χ0) is 13.7. The maximum absolute atomic E-state index is 11.8. The minimum atomic E-state index is -1.47. The number of carboxylic acids is 1. The van der Waals surface area contributed by atoms with Crippen molar-refractivity contribution in [2.75, 3.05) is 6.54 Å². The van der Waals surface area contributed by atoms with Crippen molar-refractivity contribution >= 4 is 23.5 Å². The molecule has 0 spiro atoms. The van der Waals surface area contributed by atoms with Crippen LogP contribution in [-0.4, -0.2) is 34.7 Å². The number of aliphatic carboxylic acids is 1. The molecule has 0 aliphatic carbocycles. The first-order valence-electron chi connectivity index (χ1n) is 5.37. The lowest BCUT2D eigenvalue weighted by molar-refractivity contribution is -0.146. The number of rotatable bonds is 5. The molecular weight excluding hydrogens is 258 g/mol. The van der Waals surface area contributed by atoms with Crippen LogP contribution in [0.15, 0.2) is 18.2 Å². The highest BCUT2D eigenvalue weighted by Crippen LogP contribution is 2.18. The molecule has 0 saturated heterocycles. The summed E-state index contributed by atoms with van der Waals surface area (Å²) in [5.74, 6) is -1.64. The molecule has 0 bridgehead atoms. The van der Waals surface area contributed by atoms with Gasteiger partial charge in [0.25, 0.3) is 5.91 Å². The Balaban J connectivity index is 2.56. The van der Waals surface area contributed by atoms with Crippen LogP contribution >= 0.6 is 11.6 Å². The minimum absolute atomic E-state index is 0.0410. The van der Waals surface area contributed by atoms with Crippen LogP contribution in [0.1, 0.15) is 22.3 Å². The van der Waals surface area contributed by atoms with Crippen molar-refractivity contribution in [3.8, 4) is 0 Å². The molecule has 0 radical (unpaired) electrons. The Hall–Kier alpha value is -1.59. The molecule has 6 heteroatoms. The van der Waals surface area contributed by atoms with E-state index in [-0.39, 0.29) is 18.9 Å². The number of aliphatic hydroxyl groups excluding tert-OH is 1. The van der Waals surface area contributed by atoms with Crippen molar-refractivity contribution in [1.29, 1.82) is 0 Å². The minimum Gasteiger partial charge on any atom is -0.479 e. The first-order valence-corrected chi connectivity index (χ1v) is 5.75. The van der Waals surface area contributed by atoms with Gasteiger partial charge in [0.2, 0.25) is 0 Å². The van der Waals surface area contributed by atoms with Crippen LogP contribution in [-0.2, 0) is 4.79 Å². The Morgan fingerprint density at radius 2 is 2.11 bits per heavy atom. The highest BCUT2D eigenvalue weighted by atomic mass is 35.5. The standard InChI is InChI=1S/C12H14ClNO4/c1-7-8(3-2-4-9(7)13)11(16)14-6-5-10(15)12(17)18/h2-4,10,15H,5-6H2,1H3,(H,14,16)(H,17,18). The van der Waals surface area contributed by atoms with Gasteiger partial charge in [0, 0.05) is 23.6 Å². The first kappa shape index (κ1) is 14.5. The summed E-state index contributed by atoms with van der Waals surface area (Å²) in [4.78, 5) is 22.1. The number of halogens is 1. The van der Waals surface area contributed by atoms with Crippen molar-refractivity contribution in [1.82, 2.24) is 5.32 Å². The van der Waals surface area contributed by atoms with Crippen LogP contribution < -0.4 is 5.32 Å². The Kier molecular flexibility index (Phi) is 5.12. The van der Waals surface area contributed by atoms with Crippen molar-refractivity contribution < 1.29 is 19.8 Å². The maximum atomic E-state index is 11.8. The molecule has 1 aromatic carbocycles. The van der Waals surface area contributed by atoms with E-state index >= 15 is 0 Å². The van der Waals surface area contributed by atoms with E-state index in [1.54, 1.807) is 25.1 Å². The number of carbonyl (C=O) groups is 2. The largest absolute Gasteiger partial charge is 0.479 e. The van der Waals surface area contributed by atoms with Crippen LogP contribution in [0.2, 0.25) is 5.02 Å². The molecule has 18 heavy (non-hydrogen) atoms. The summed E-state index contributed by atoms with van der Waals surface area (Å²) < 4.78 is 0. The number of hydrogen-bond donors (Lipinski definition) is 3. The van der Waals surface area contributed by atoms with Gasteiger partial charge in [-0.15, -0.1) is 0 Å². The smallest absolute Gasteiger partial charge is 0.332 e. The SMILES string of the molecule is Cc1c(Cl)cccc1C(=O)NCCC(O)C(=O)O. The third-order valence-electron chi connectivity index (χ3n) is 2.50. The second-order valence-corrected chi connectivity index (χ2v) is 4.22. The van der Waals surface area contributed by atoms with Gasteiger partial charge in [-0.2, -0.15) is 0 Å². The van der Waals surface area contributed by atoms with E-state index in [4.69, 9.17) is 21.8 Å². The number of nitrogens with one attached hydrogen (secondary N) is 1. The zero-order valence-electron chi connectivity index (χ0n) is 9.81. The Morgan fingerprint density at radius 1 is 1.44 bits per heavy atom. The summed E-state index contributed by atoms with van der Waals surface area (Å²) in [5, 5.41) is 20.5. The molecule has 0 heterocycles. The van der Waals surface area contributed by atoms with Crippen LogP contribution in [0.3, 0.4) is 0 Å². The predicted molar refractivity (Wildman–Crippen MR) is 66.8 cm³/mol. The lowest BCUT2D eigenvalue weighted by Gasteiger charge is -2.09. The number of aliphatic hydroxyl groups is 1. The van der Waals surface area contributed by atoms with Crippen LogP contribution in [0.5, 0.6) is 0 Å². The van der Waals surface area contributed by atoms with E-state index in [0.29, 0.717) is 16.1 Å². The van der Waals surface area contributed by atoms with Gasteiger partial charge in [0.1, 0.15) is 0 Å². The highest BCUT2D eigenvalue weighted by Gasteiger charge is 2.14. The van der Waals surface area contributed by atoms with Crippen LogP contribution in [0, 0.1) is 6.92 Å². The summed E-state index contributed by atoms with van der Waals surface area (Å²) in [6, 6.07) is 4.97. The predicted octanol–water partition coefficient (Wildman–Crippen LogP) is 1.21. The fraction of sp³-hybridized carbons (Fsp3) is 0.333. The number of carboxylic acid groups (broad SMARTS) is 1. The molecule has 3 N–H and O–H groups in total. The van der Waals surface area contributed by atoms with Crippen molar-refractivity contribution in [3.05, 3.63) is 34.3 Å². The Labute approximate surface area is 109 Å². The van der Waals surface area contributed by atoms with Crippen LogP contribution in [0.4, 0.5) is 0 Å². The normalized spacial score (nSPS) is 11.9. The molecule has 1 amide bonds. The monoisotopic (exact) mass is 271 g/mol. The van der Waals surface area contributed by atoms with Gasteiger partial charge in [-0.25, -0.2) is 4.79 Å². The summed E-state index contributed by atoms with van der Waals surface area (Å²) in [6.45, 7) is 1.81. The topological polar surface area (TPSA) is 86.6 Å². The third kappa shape index (κ3) is 3.72. The van der Waals surface area contributed by atoms with Gasteiger partial charge in [-0.05, 0) is 24.6 Å². The quantitative estimate of drug-likeness (QED) is 0.751. The molecule has 0 aliphatic rings. The van der Waals surface area contributed by atoms with E-state index < -0.39 is 12.1 Å². The molecular formula is C12H14ClNO4. The van der Waals surface area contributed by atoms with Crippen molar-refractivity contribution in [2.45, 2.75) is 19.4 Å². The molecule has 1 aromatic rings. The second kappa shape index (κ2) is 6.37. The van der Waals surface area contributed by atoms with E-state index in [0.717, 1.165) is 0 Å². The summed E-state index contributed by atoms with van der Waals surface area (Å²) in [7, 11) is 0. The Morgan fingerprint density at radius 3 is 2.72 bits per heavy atom. The van der Waals surface area contributed by atoms with E-state index in [9.17, 15) is 9.59 Å². The van der Waals surface area contributed by atoms with Gasteiger partial charge in [0.05, 0.1) is 0 Å². The molecule has 0 fully saturated rings. The molecule has 1 atom stereocenters. The fourth-order valence-corrected chi connectivity index (χ4v) is 1.57. The van der Waals surface area contributed by atoms with E-state index in [1.807, 2.05) is 0 Å². The third-order valence-corrected chi connectivity index (χ3v) is 2.91. The molecule has 0 aliphatic heterocycles. The fourth-order valence-electron chi connectivity index (χ4n) is 1.39. The lowest BCUT2D eigenvalue weighted by Crippen LogP contribution is -2.30. The molecule has 98 valence electrons. The highest BCUT2D eigenvalue weighted by molar-refractivity contribution is 6.31. The molecule has 1 unspecified atom stereocenters. The average Bonchev–Trinajstić information content (AvgIpc) is 2.32. The number of hydrogen-bond acceptors (Lipinski definition) is 3. The van der Waals surface area contributed by atoms with Crippen LogP contribution in [0.25, 0.3) is 0 Å². The molecule has 1 rings (SSSR count). The lowest BCUT2D eigenvalue weighted by atomic mass is 10.1.